The van der Waals surface area contributed by atoms with Crippen LogP contribution in [0.1, 0.15) is 112 Å². The molecule has 0 aromatic rings. The lowest BCUT2D eigenvalue weighted by molar-refractivity contribution is 0.187. The van der Waals surface area contributed by atoms with E-state index in [9.17, 15) is 5.11 Å². The van der Waals surface area contributed by atoms with E-state index in [0.29, 0.717) is 0 Å². The van der Waals surface area contributed by atoms with Crippen LogP contribution >= 0.6 is 0 Å². The van der Waals surface area contributed by atoms with Gasteiger partial charge in [-0.1, -0.05) is 90.9 Å². The summed E-state index contributed by atoms with van der Waals surface area (Å²) < 4.78 is 0. The molecular formula is C26H46O. The van der Waals surface area contributed by atoms with Crippen LogP contribution in [0.2, 0.25) is 0 Å². The zero-order chi connectivity index (χ0) is 20.3. The first-order chi connectivity index (χ1) is 12.8. The van der Waals surface area contributed by atoms with Crippen LogP contribution in [0.3, 0.4) is 0 Å². The Hall–Kier alpha value is -0.780. The summed E-state index contributed by atoms with van der Waals surface area (Å²) >= 11 is 0. The van der Waals surface area contributed by atoms with Crippen molar-refractivity contribution in [2.75, 3.05) is 0 Å². The molecule has 1 nitrogen and oxygen atoms in total. The zero-order valence-electron chi connectivity index (χ0n) is 18.9. The summed E-state index contributed by atoms with van der Waals surface area (Å²) in [7, 11) is 0. The third-order valence-corrected chi connectivity index (χ3v) is 6.29. The van der Waals surface area contributed by atoms with Gasteiger partial charge >= 0.3 is 0 Å². The Morgan fingerprint density at radius 2 is 1.48 bits per heavy atom. The van der Waals surface area contributed by atoms with Gasteiger partial charge in [0.1, 0.15) is 0 Å². The number of hydrogen-bond donors (Lipinski definition) is 1. The Morgan fingerprint density at radius 3 is 1.96 bits per heavy atom. The van der Waals surface area contributed by atoms with E-state index >= 15 is 0 Å². The van der Waals surface area contributed by atoms with E-state index in [4.69, 9.17) is 0 Å². The fourth-order valence-electron chi connectivity index (χ4n) is 3.93. The lowest BCUT2D eigenvalue weighted by Crippen LogP contribution is -2.09. The summed E-state index contributed by atoms with van der Waals surface area (Å²) in [5.74, 6) is 2.60. The first-order valence-electron chi connectivity index (χ1n) is 11.5. The highest BCUT2D eigenvalue weighted by molar-refractivity contribution is 5.26. The van der Waals surface area contributed by atoms with E-state index in [2.05, 4.69) is 53.0 Å². The van der Waals surface area contributed by atoms with Gasteiger partial charge in [0, 0.05) is 5.57 Å². The maximum Gasteiger partial charge on any atom is 0.0935 e. The fourth-order valence-corrected chi connectivity index (χ4v) is 3.93. The molecule has 1 aliphatic carbocycles. The SMILES string of the molecule is C=C=C(C/C=C(\C)CCCC(C)CCCC(C)CCCC(C)C)C1(O)CC1. The summed E-state index contributed by atoms with van der Waals surface area (Å²) in [5, 5.41) is 10.2. The highest BCUT2D eigenvalue weighted by Gasteiger charge is 2.43. The van der Waals surface area contributed by atoms with Crippen LogP contribution < -0.4 is 0 Å². The minimum Gasteiger partial charge on any atom is -0.385 e. The van der Waals surface area contributed by atoms with Gasteiger partial charge in [0.25, 0.3) is 0 Å². The van der Waals surface area contributed by atoms with Crippen LogP contribution in [0.15, 0.2) is 29.5 Å². The maximum atomic E-state index is 10.2. The molecule has 27 heavy (non-hydrogen) atoms. The van der Waals surface area contributed by atoms with Crippen LogP contribution in [0, 0.1) is 17.8 Å². The van der Waals surface area contributed by atoms with Gasteiger partial charge in [0.15, 0.2) is 0 Å². The van der Waals surface area contributed by atoms with Crippen LogP contribution in [0.4, 0.5) is 0 Å². The van der Waals surface area contributed by atoms with Crippen molar-refractivity contribution >= 4 is 0 Å². The Kier molecular flexibility index (Phi) is 11.4. The average Bonchev–Trinajstić information content (AvgIpc) is 3.33. The third-order valence-electron chi connectivity index (χ3n) is 6.29. The van der Waals surface area contributed by atoms with Crippen molar-refractivity contribution < 1.29 is 5.11 Å². The van der Waals surface area contributed by atoms with Gasteiger partial charge < -0.3 is 5.11 Å². The number of allylic oxidation sites excluding steroid dienone is 2. The van der Waals surface area contributed by atoms with Gasteiger partial charge in [0.05, 0.1) is 5.60 Å². The molecule has 1 aliphatic rings. The van der Waals surface area contributed by atoms with Crippen LogP contribution in [-0.2, 0) is 0 Å². The Bertz CT molecular complexity index is 488. The summed E-state index contributed by atoms with van der Waals surface area (Å²) in [6, 6.07) is 0. The molecule has 0 saturated heterocycles. The molecule has 0 aliphatic heterocycles. The van der Waals surface area contributed by atoms with Gasteiger partial charge in [-0.25, -0.2) is 0 Å². The molecule has 1 fully saturated rings. The van der Waals surface area contributed by atoms with Crippen LogP contribution in [-0.4, -0.2) is 10.7 Å². The van der Waals surface area contributed by atoms with Crippen molar-refractivity contribution in [3.63, 3.8) is 0 Å². The predicted molar refractivity (Wildman–Crippen MR) is 120 cm³/mol. The molecule has 156 valence electrons. The van der Waals surface area contributed by atoms with E-state index < -0.39 is 5.60 Å². The van der Waals surface area contributed by atoms with E-state index in [-0.39, 0.29) is 0 Å². The molecule has 0 aromatic carbocycles. The van der Waals surface area contributed by atoms with E-state index in [1.165, 1.54) is 63.4 Å². The monoisotopic (exact) mass is 374 g/mol. The second-order valence-electron chi connectivity index (χ2n) is 9.80. The van der Waals surface area contributed by atoms with E-state index in [0.717, 1.165) is 42.6 Å². The smallest absolute Gasteiger partial charge is 0.0935 e. The third kappa shape index (κ3) is 11.0. The summed E-state index contributed by atoms with van der Waals surface area (Å²) in [6.45, 7) is 15.5. The molecule has 0 radical (unpaired) electrons. The lowest BCUT2D eigenvalue weighted by atomic mass is 9.91. The summed E-state index contributed by atoms with van der Waals surface area (Å²) in [6.07, 6.45) is 17.0. The van der Waals surface area contributed by atoms with Gasteiger partial charge in [0.2, 0.25) is 0 Å². The molecule has 0 amide bonds. The lowest BCUT2D eigenvalue weighted by Gasteiger charge is -2.15. The Labute approximate surface area is 170 Å². The second kappa shape index (κ2) is 12.6. The Balaban J connectivity index is 2.09. The zero-order valence-corrected chi connectivity index (χ0v) is 18.9. The average molecular weight is 375 g/mol. The second-order valence-corrected chi connectivity index (χ2v) is 9.80. The molecule has 1 rings (SSSR count). The van der Waals surface area contributed by atoms with Crippen LogP contribution in [0.25, 0.3) is 0 Å². The number of rotatable bonds is 15. The predicted octanol–water partition coefficient (Wildman–Crippen LogP) is 8.00. The van der Waals surface area contributed by atoms with E-state index in [1.807, 2.05) is 0 Å². The maximum absolute atomic E-state index is 10.2. The number of hydrogen-bond acceptors (Lipinski definition) is 1. The standard InChI is InChI=1S/C26H46O/c1-7-25(26(27)19-20-26)18-17-24(6)16-10-15-23(5)14-9-13-22(4)12-8-11-21(2)3/h17,21-23,27H,1,8-16,18-20H2,2-6H3/b24-17+. The highest BCUT2D eigenvalue weighted by atomic mass is 16.3. The first-order valence-corrected chi connectivity index (χ1v) is 11.5. The molecule has 0 spiro atoms. The van der Waals surface area contributed by atoms with Gasteiger partial charge in [-0.2, -0.15) is 0 Å². The summed E-state index contributed by atoms with van der Waals surface area (Å²) in [5.41, 5.74) is 4.81. The topological polar surface area (TPSA) is 20.2 Å². The van der Waals surface area contributed by atoms with Gasteiger partial charge in [-0.3, -0.25) is 0 Å². The number of aliphatic hydroxyl groups is 1. The van der Waals surface area contributed by atoms with E-state index in [1.54, 1.807) is 0 Å². The van der Waals surface area contributed by atoms with Crippen molar-refractivity contribution in [3.8, 4) is 0 Å². The molecule has 2 atom stereocenters. The first kappa shape index (κ1) is 24.3. The minimum absolute atomic E-state index is 0.570. The molecule has 0 aromatic heterocycles. The minimum atomic E-state index is -0.570. The van der Waals surface area contributed by atoms with Gasteiger partial charge in [-0.05, 0) is 56.8 Å². The molecule has 1 saturated carbocycles. The molecule has 0 bridgehead atoms. The highest BCUT2D eigenvalue weighted by Crippen LogP contribution is 2.43. The van der Waals surface area contributed by atoms with Gasteiger partial charge in [-0.15, -0.1) is 5.73 Å². The Morgan fingerprint density at radius 1 is 0.963 bits per heavy atom. The largest absolute Gasteiger partial charge is 0.385 e. The van der Waals surface area contributed by atoms with Crippen LogP contribution in [0.5, 0.6) is 0 Å². The van der Waals surface area contributed by atoms with Crippen molar-refractivity contribution in [2.24, 2.45) is 17.8 Å². The van der Waals surface area contributed by atoms with Crippen molar-refractivity contribution in [3.05, 3.63) is 29.5 Å². The molecule has 2 unspecified atom stereocenters. The fraction of sp³-hybridized carbons (Fsp3) is 0.808. The van der Waals surface area contributed by atoms with Crippen molar-refractivity contribution in [1.82, 2.24) is 0 Å². The molecule has 1 heteroatoms. The van der Waals surface area contributed by atoms with Crippen molar-refractivity contribution in [2.45, 2.75) is 117 Å². The molecule has 1 N–H and O–H groups in total. The normalized spacial score (nSPS) is 18.3. The van der Waals surface area contributed by atoms with Crippen molar-refractivity contribution in [1.29, 1.82) is 0 Å². The summed E-state index contributed by atoms with van der Waals surface area (Å²) in [4.78, 5) is 0. The molecular weight excluding hydrogens is 328 g/mol. The quantitative estimate of drug-likeness (QED) is 0.227. The molecule has 0 heterocycles.